The van der Waals surface area contributed by atoms with E-state index in [-0.39, 0.29) is 11.6 Å². The number of rotatable bonds is 6. The van der Waals surface area contributed by atoms with Crippen LogP contribution in [0.3, 0.4) is 0 Å². The maximum atomic E-state index is 12.0. The minimum absolute atomic E-state index is 0.220. The fourth-order valence-corrected chi connectivity index (χ4v) is 2.34. The lowest BCUT2D eigenvalue weighted by Crippen LogP contribution is -2.09. The van der Waals surface area contributed by atoms with Crippen LogP contribution in [0.15, 0.2) is 59.0 Å². The highest BCUT2D eigenvalue weighted by Gasteiger charge is 2.11. The number of nitro groups is 1. The summed E-state index contributed by atoms with van der Waals surface area (Å²) in [5.74, 6) is -0.134. The second-order valence-corrected chi connectivity index (χ2v) is 5.57. The monoisotopic (exact) mass is 352 g/mol. The summed E-state index contributed by atoms with van der Waals surface area (Å²) < 4.78 is 6.75. The van der Waals surface area contributed by atoms with E-state index in [2.05, 4.69) is 10.4 Å². The predicted molar refractivity (Wildman–Crippen MR) is 95.5 cm³/mol. The average molecular weight is 352 g/mol. The number of furan rings is 1. The Labute approximate surface area is 148 Å². The second-order valence-electron chi connectivity index (χ2n) is 5.57. The van der Waals surface area contributed by atoms with Gasteiger partial charge in [-0.3, -0.25) is 19.6 Å². The van der Waals surface area contributed by atoms with E-state index in [1.54, 1.807) is 10.7 Å². The van der Waals surface area contributed by atoms with Crippen LogP contribution in [0, 0.1) is 17.0 Å². The molecule has 26 heavy (non-hydrogen) atoms. The van der Waals surface area contributed by atoms with Crippen molar-refractivity contribution in [2.24, 2.45) is 0 Å². The van der Waals surface area contributed by atoms with Crippen molar-refractivity contribution in [1.29, 1.82) is 0 Å². The number of nitrogens with one attached hydrogen (secondary N) is 1. The second kappa shape index (κ2) is 7.47. The van der Waals surface area contributed by atoms with Crippen molar-refractivity contribution < 1.29 is 14.1 Å². The molecule has 0 aliphatic carbocycles. The molecule has 0 aliphatic rings. The Kier molecular flexibility index (Phi) is 4.93. The van der Waals surface area contributed by atoms with Gasteiger partial charge in [0.15, 0.2) is 5.82 Å². The molecular weight excluding hydrogens is 336 g/mol. The van der Waals surface area contributed by atoms with Gasteiger partial charge in [-0.05, 0) is 24.6 Å². The third-order valence-corrected chi connectivity index (χ3v) is 3.60. The maximum absolute atomic E-state index is 12.0. The minimum Gasteiger partial charge on any atom is -0.401 e. The summed E-state index contributed by atoms with van der Waals surface area (Å²) in [6.07, 6.45) is 2.59. The smallest absolute Gasteiger partial charge is 0.401 e. The van der Waals surface area contributed by atoms with Gasteiger partial charge in [0.1, 0.15) is 10.7 Å². The van der Waals surface area contributed by atoms with E-state index in [1.165, 1.54) is 24.3 Å². The van der Waals surface area contributed by atoms with E-state index in [0.717, 1.165) is 11.3 Å². The van der Waals surface area contributed by atoms with Crippen molar-refractivity contribution in [3.63, 3.8) is 0 Å². The molecule has 2 heterocycles. The standard InChI is InChI=1S/C18H16N4O4/c1-13-11-16(20-21(13)12-14-5-3-2-4-6-14)19-17(23)9-7-15-8-10-18(26-15)22(24)25/h2-11H,12H2,1H3,(H,19,20,23)/b9-7+. The van der Waals surface area contributed by atoms with Gasteiger partial charge in [-0.2, -0.15) is 5.10 Å². The van der Waals surface area contributed by atoms with E-state index in [9.17, 15) is 14.9 Å². The molecule has 0 fully saturated rings. The van der Waals surface area contributed by atoms with Crippen LogP contribution in [0.4, 0.5) is 11.7 Å². The number of anilines is 1. The maximum Gasteiger partial charge on any atom is 0.433 e. The van der Waals surface area contributed by atoms with Gasteiger partial charge >= 0.3 is 5.88 Å². The molecule has 0 aliphatic heterocycles. The van der Waals surface area contributed by atoms with Gasteiger partial charge < -0.3 is 9.73 Å². The first-order valence-corrected chi connectivity index (χ1v) is 7.83. The molecule has 132 valence electrons. The number of amides is 1. The predicted octanol–water partition coefficient (Wildman–Crippen LogP) is 3.39. The number of aromatic nitrogens is 2. The summed E-state index contributed by atoms with van der Waals surface area (Å²) in [7, 11) is 0. The number of nitrogens with zero attached hydrogens (tertiary/aromatic N) is 3. The fourth-order valence-electron chi connectivity index (χ4n) is 2.34. The lowest BCUT2D eigenvalue weighted by Gasteiger charge is -2.03. The van der Waals surface area contributed by atoms with E-state index >= 15 is 0 Å². The molecule has 0 bridgehead atoms. The molecule has 2 aromatic heterocycles. The number of hydrogen-bond acceptors (Lipinski definition) is 5. The SMILES string of the molecule is Cc1cc(NC(=O)/C=C/c2ccc([N+](=O)[O-])o2)nn1Cc1ccccc1. The lowest BCUT2D eigenvalue weighted by molar-refractivity contribution is -0.402. The Morgan fingerprint density at radius 2 is 2.08 bits per heavy atom. The van der Waals surface area contributed by atoms with Crippen molar-refractivity contribution >= 4 is 23.7 Å². The Morgan fingerprint density at radius 3 is 2.77 bits per heavy atom. The normalized spacial score (nSPS) is 11.0. The van der Waals surface area contributed by atoms with Gasteiger partial charge in [0.25, 0.3) is 0 Å². The first kappa shape index (κ1) is 17.2. The molecule has 0 spiro atoms. The summed E-state index contributed by atoms with van der Waals surface area (Å²) in [5.41, 5.74) is 2.02. The number of carbonyl (C=O) groups is 1. The van der Waals surface area contributed by atoms with E-state index < -0.39 is 10.8 Å². The molecule has 1 aromatic carbocycles. The zero-order chi connectivity index (χ0) is 18.5. The molecule has 0 radical (unpaired) electrons. The van der Waals surface area contributed by atoms with Crippen LogP contribution in [0.2, 0.25) is 0 Å². The number of carbonyl (C=O) groups excluding carboxylic acids is 1. The Hall–Kier alpha value is -3.68. The molecule has 3 rings (SSSR count). The fraction of sp³-hybridized carbons (Fsp3) is 0.111. The molecule has 8 nitrogen and oxygen atoms in total. The van der Waals surface area contributed by atoms with Gasteiger partial charge in [0.05, 0.1) is 12.6 Å². The van der Waals surface area contributed by atoms with Crippen LogP contribution in [-0.4, -0.2) is 20.6 Å². The van der Waals surface area contributed by atoms with Crippen LogP contribution in [0.1, 0.15) is 17.0 Å². The molecular formula is C18H16N4O4. The van der Waals surface area contributed by atoms with Crippen molar-refractivity contribution in [2.45, 2.75) is 13.5 Å². The highest BCUT2D eigenvalue weighted by Crippen LogP contribution is 2.17. The summed E-state index contributed by atoms with van der Waals surface area (Å²) in [4.78, 5) is 21.9. The largest absolute Gasteiger partial charge is 0.433 e. The molecule has 0 saturated heterocycles. The lowest BCUT2D eigenvalue weighted by atomic mass is 10.2. The Bertz CT molecular complexity index is 957. The van der Waals surface area contributed by atoms with Gasteiger partial charge in [-0.25, -0.2) is 0 Å². The number of benzene rings is 1. The molecule has 1 amide bonds. The van der Waals surface area contributed by atoms with Gasteiger partial charge in [-0.1, -0.05) is 30.3 Å². The molecule has 0 saturated carbocycles. The Balaban J connectivity index is 1.63. The van der Waals surface area contributed by atoms with Crippen LogP contribution < -0.4 is 5.32 Å². The minimum atomic E-state index is -0.639. The molecule has 0 atom stereocenters. The van der Waals surface area contributed by atoms with Crippen molar-refractivity contribution in [1.82, 2.24) is 9.78 Å². The molecule has 0 unspecified atom stereocenters. The summed E-state index contributed by atoms with van der Waals surface area (Å²) in [5, 5.41) is 17.6. The topological polar surface area (TPSA) is 103 Å². The molecule has 8 heteroatoms. The van der Waals surface area contributed by atoms with Crippen LogP contribution in [0.5, 0.6) is 0 Å². The highest BCUT2D eigenvalue weighted by molar-refractivity contribution is 6.01. The van der Waals surface area contributed by atoms with Crippen LogP contribution in [-0.2, 0) is 11.3 Å². The zero-order valence-electron chi connectivity index (χ0n) is 14.0. The van der Waals surface area contributed by atoms with E-state index in [1.807, 2.05) is 37.3 Å². The van der Waals surface area contributed by atoms with E-state index in [4.69, 9.17) is 4.42 Å². The average Bonchev–Trinajstić information content (AvgIpc) is 3.21. The molecule has 1 N–H and O–H groups in total. The van der Waals surface area contributed by atoms with E-state index in [0.29, 0.717) is 12.4 Å². The van der Waals surface area contributed by atoms with Crippen LogP contribution in [0.25, 0.3) is 6.08 Å². The Morgan fingerprint density at radius 1 is 1.31 bits per heavy atom. The third kappa shape index (κ3) is 4.23. The first-order chi connectivity index (χ1) is 12.5. The molecule has 3 aromatic rings. The first-order valence-electron chi connectivity index (χ1n) is 7.83. The highest BCUT2D eigenvalue weighted by atomic mass is 16.6. The zero-order valence-corrected chi connectivity index (χ0v) is 14.0. The third-order valence-electron chi connectivity index (χ3n) is 3.60. The van der Waals surface area contributed by atoms with Crippen molar-refractivity contribution in [2.75, 3.05) is 5.32 Å². The summed E-state index contributed by atoms with van der Waals surface area (Å²) in [6, 6.07) is 14.3. The summed E-state index contributed by atoms with van der Waals surface area (Å²) >= 11 is 0. The van der Waals surface area contributed by atoms with Gasteiger partial charge in [-0.15, -0.1) is 0 Å². The summed E-state index contributed by atoms with van der Waals surface area (Å²) in [6.45, 7) is 2.51. The van der Waals surface area contributed by atoms with Crippen molar-refractivity contribution in [3.8, 4) is 0 Å². The quantitative estimate of drug-likeness (QED) is 0.416. The van der Waals surface area contributed by atoms with Crippen molar-refractivity contribution in [3.05, 3.63) is 81.7 Å². The number of hydrogen-bond donors (Lipinski definition) is 1. The van der Waals surface area contributed by atoms with Gasteiger partial charge in [0, 0.05) is 17.8 Å². The van der Waals surface area contributed by atoms with Gasteiger partial charge in [0.2, 0.25) is 5.91 Å². The van der Waals surface area contributed by atoms with Crippen LogP contribution >= 0.6 is 0 Å². The number of aryl methyl sites for hydroxylation is 1.